The van der Waals surface area contributed by atoms with Gasteiger partial charge in [0.15, 0.2) is 0 Å². The molecule has 0 fully saturated rings. The minimum atomic E-state index is 0.301. The third-order valence-corrected chi connectivity index (χ3v) is 2.96. The first-order chi connectivity index (χ1) is 7.54. The molecule has 1 rings (SSSR count). The Morgan fingerprint density at radius 3 is 2.69 bits per heavy atom. The molecule has 0 aromatic heterocycles. The summed E-state index contributed by atoms with van der Waals surface area (Å²) in [5.41, 5.74) is 8.86. The summed E-state index contributed by atoms with van der Waals surface area (Å²) in [5.74, 6) is 0. The van der Waals surface area contributed by atoms with Crippen molar-refractivity contribution in [3.05, 3.63) is 34.9 Å². The summed E-state index contributed by atoms with van der Waals surface area (Å²) in [6.07, 6.45) is 1.33. The van der Waals surface area contributed by atoms with Gasteiger partial charge < -0.3 is 10.5 Å². The van der Waals surface area contributed by atoms with E-state index in [-0.39, 0.29) is 0 Å². The molecule has 1 unspecified atom stereocenters. The van der Waals surface area contributed by atoms with Gasteiger partial charge in [-0.15, -0.1) is 0 Å². The van der Waals surface area contributed by atoms with Crippen LogP contribution in [0.15, 0.2) is 18.2 Å². The van der Waals surface area contributed by atoms with Gasteiger partial charge in [-0.25, -0.2) is 0 Å². The Balaban J connectivity index is 2.72. The Labute approximate surface area is 103 Å². The lowest BCUT2D eigenvalue weighted by atomic mass is 10.1. The lowest BCUT2D eigenvalue weighted by Crippen LogP contribution is -2.11. The average Bonchev–Trinajstić information content (AvgIpc) is 2.26. The number of thiocarbonyl (C=S) groups is 1. The Morgan fingerprint density at radius 1 is 1.50 bits per heavy atom. The van der Waals surface area contributed by atoms with Crippen LogP contribution in [0.5, 0.6) is 0 Å². The predicted octanol–water partition coefficient (Wildman–Crippen LogP) is 2.94. The molecule has 2 nitrogen and oxygen atoms in total. The zero-order valence-corrected chi connectivity index (χ0v) is 10.9. The van der Waals surface area contributed by atoms with Crippen LogP contribution in [0.3, 0.4) is 0 Å². The van der Waals surface area contributed by atoms with E-state index >= 15 is 0 Å². The Bertz CT molecular complexity index is 376. The smallest absolute Gasteiger partial charge is 0.103 e. The molecule has 1 aromatic rings. The van der Waals surface area contributed by atoms with Gasteiger partial charge in [0, 0.05) is 5.56 Å². The second-order valence-electron chi connectivity index (χ2n) is 4.04. The SMILES string of the molecule is CCC(C)OCc1ccc(C(N)=S)cc1C. The summed E-state index contributed by atoms with van der Waals surface area (Å²) in [7, 11) is 0. The molecule has 1 aromatic carbocycles. The second-order valence-corrected chi connectivity index (χ2v) is 4.48. The van der Waals surface area contributed by atoms with Gasteiger partial charge in [0.2, 0.25) is 0 Å². The van der Waals surface area contributed by atoms with Crippen molar-refractivity contribution in [1.29, 1.82) is 0 Å². The molecule has 88 valence electrons. The Kier molecular flexibility index (Phi) is 4.90. The van der Waals surface area contributed by atoms with Gasteiger partial charge >= 0.3 is 0 Å². The minimum Gasteiger partial charge on any atom is -0.389 e. The molecule has 0 bridgehead atoms. The van der Waals surface area contributed by atoms with Crippen LogP contribution in [-0.2, 0) is 11.3 Å². The van der Waals surface area contributed by atoms with Crippen LogP contribution < -0.4 is 5.73 Å². The maximum Gasteiger partial charge on any atom is 0.103 e. The molecule has 0 saturated heterocycles. The average molecular weight is 237 g/mol. The number of rotatable bonds is 5. The zero-order chi connectivity index (χ0) is 12.1. The molecule has 0 saturated carbocycles. The van der Waals surface area contributed by atoms with Crippen LogP contribution in [0.4, 0.5) is 0 Å². The van der Waals surface area contributed by atoms with Crippen molar-refractivity contribution < 1.29 is 4.74 Å². The van der Waals surface area contributed by atoms with E-state index in [1.807, 2.05) is 18.2 Å². The maximum atomic E-state index is 5.69. The van der Waals surface area contributed by atoms with Gasteiger partial charge in [0.25, 0.3) is 0 Å². The van der Waals surface area contributed by atoms with Crippen LogP contribution in [-0.4, -0.2) is 11.1 Å². The molecule has 3 heteroatoms. The third-order valence-electron chi connectivity index (χ3n) is 2.73. The molecule has 16 heavy (non-hydrogen) atoms. The molecule has 0 aliphatic heterocycles. The maximum absolute atomic E-state index is 5.69. The van der Waals surface area contributed by atoms with E-state index in [2.05, 4.69) is 20.8 Å². The fourth-order valence-corrected chi connectivity index (χ4v) is 1.49. The highest BCUT2D eigenvalue weighted by molar-refractivity contribution is 7.80. The van der Waals surface area contributed by atoms with Crippen molar-refractivity contribution in [2.24, 2.45) is 5.73 Å². The van der Waals surface area contributed by atoms with Crippen molar-refractivity contribution in [2.75, 3.05) is 0 Å². The summed E-state index contributed by atoms with van der Waals surface area (Å²) in [6.45, 7) is 6.90. The summed E-state index contributed by atoms with van der Waals surface area (Å²) in [5, 5.41) is 0. The lowest BCUT2D eigenvalue weighted by molar-refractivity contribution is 0.0506. The molecule has 0 spiro atoms. The first-order valence-corrected chi connectivity index (χ1v) is 5.96. The van der Waals surface area contributed by atoms with Gasteiger partial charge in [0.05, 0.1) is 12.7 Å². The van der Waals surface area contributed by atoms with E-state index in [1.54, 1.807) is 0 Å². The van der Waals surface area contributed by atoms with Crippen LogP contribution >= 0.6 is 12.2 Å². The van der Waals surface area contributed by atoms with Gasteiger partial charge in [-0.1, -0.05) is 31.3 Å². The van der Waals surface area contributed by atoms with E-state index in [1.165, 1.54) is 11.1 Å². The van der Waals surface area contributed by atoms with Gasteiger partial charge in [0.1, 0.15) is 4.99 Å². The predicted molar refractivity (Wildman–Crippen MR) is 71.6 cm³/mol. The Morgan fingerprint density at radius 2 is 2.19 bits per heavy atom. The van der Waals surface area contributed by atoms with Gasteiger partial charge in [-0.3, -0.25) is 0 Å². The number of benzene rings is 1. The van der Waals surface area contributed by atoms with Gasteiger partial charge in [-0.2, -0.15) is 0 Å². The van der Waals surface area contributed by atoms with E-state index in [0.717, 1.165) is 12.0 Å². The number of ether oxygens (including phenoxy) is 1. The van der Waals surface area contributed by atoms with Crippen molar-refractivity contribution in [3.8, 4) is 0 Å². The monoisotopic (exact) mass is 237 g/mol. The second kappa shape index (κ2) is 5.97. The number of aryl methyl sites for hydroxylation is 1. The highest BCUT2D eigenvalue weighted by atomic mass is 32.1. The molecule has 0 aliphatic rings. The quantitative estimate of drug-likeness (QED) is 0.800. The molecular weight excluding hydrogens is 218 g/mol. The van der Waals surface area contributed by atoms with Crippen molar-refractivity contribution >= 4 is 17.2 Å². The van der Waals surface area contributed by atoms with Crippen LogP contribution in [0.25, 0.3) is 0 Å². The zero-order valence-electron chi connectivity index (χ0n) is 10.1. The Hall–Kier alpha value is -0.930. The van der Waals surface area contributed by atoms with Crippen LogP contribution in [0, 0.1) is 6.92 Å². The standard InChI is InChI=1S/C13H19NOS/c1-4-10(3)15-8-12-6-5-11(13(14)16)7-9(12)2/h5-7,10H,4,8H2,1-3H3,(H2,14,16). The first-order valence-electron chi connectivity index (χ1n) is 5.55. The molecule has 0 radical (unpaired) electrons. The van der Waals surface area contributed by atoms with E-state index in [0.29, 0.717) is 17.7 Å². The topological polar surface area (TPSA) is 35.2 Å². The molecule has 0 amide bonds. The number of nitrogens with two attached hydrogens (primary N) is 1. The molecule has 1 atom stereocenters. The fraction of sp³-hybridized carbons (Fsp3) is 0.462. The van der Waals surface area contributed by atoms with E-state index in [9.17, 15) is 0 Å². The highest BCUT2D eigenvalue weighted by Gasteiger charge is 2.04. The van der Waals surface area contributed by atoms with Crippen LogP contribution in [0.1, 0.15) is 37.0 Å². The normalized spacial score (nSPS) is 12.4. The molecule has 0 heterocycles. The van der Waals surface area contributed by atoms with Crippen molar-refractivity contribution in [3.63, 3.8) is 0 Å². The van der Waals surface area contributed by atoms with E-state index < -0.39 is 0 Å². The fourth-order valence-electron chi connectivity index (χ4n) is 1.36. The van der Waals surface area contributed by atoms with E-state index in [4.69, 9.17) is 22.7 Å². The van der Waals surface area contributed by atoms with Crippen molar-refractivity contribution in [1.82, 2.24) is 0 Å². The number of hydrogen-bond acceptors (Lipinski definition) is 2. The largest absolute Gasteiger partial charge is 0.389 e. The van der Waals surface area contributed by atoms with Crippen LogP contribution in [0.2, 0.25) is 0 Å². The first kappa shape index (κ1) is 13.1. The van der Waals surface area contributed by atoms with Crippen molar-refractivity contribution in [2.45, 2.75) is 39.9 Å². The minimum absolute atomic E-state index is 0.301. The summed E-state index contributed by atoms with van der Waals surface area (Å²) >= 11 is 4.94. The third kappa shape index (κ3) is 3.58. The summed E-state index contributed by atoms with van der Waals surface area (Å²) in [6, 6.07) is 5.99. The summed E-state index contributed by atoms with van der Waals surface area (Å²) < 4.78 is 5.69. The van der Waals surface area contributed by atoms with Gasteiger partial charge in [-0.05, 0) is 37.5 Å². The highest BCUT2D eigenvalue weighted by Crippen LogP contribution is 2.13. The lowest BCUT2D eigenvalue weighted by Gasteiger charge is -2.12. The summed E-state index contributed by atoms with van der Waals surface area (Å²) in [4.78, 5) is 0.442. The number of hydrogen-bond donors (Lipinski definition) is 1. The molecular formula is C13H19NOS. The molecule has 2 N–H and O–H groups in total. The molecule has 0 aliphatic carbocycles.